The summed E-state index contributed by atoms with van der Waals surface area (Å²) in [7, 11) is -3.13. The molecule has 94 valence electrons. The maximum atomic E-state index is 11.9. The number of halogens is 1. The second-order valence-electron chi connectivity index (χ2n) is 4.66. The first-order valence-electron chi connectivity index (χ1n) is 5.68. The second kappa shape index (κ2) is 4.59. The molecule has 1 aromatic rings. The molecule has 5 heteroatoms. The Morgan fingerprint density at radius 1 is 1.41 bits per heavy atom. The number of benzene rings is 1. The average Bonchev–Trinajstić information content (AvgIpc) is 2.22. The van der Waals surface area contributed by atoms with Crippen molar-refractivity contribution in [2.45, 2.75) is 37.2 Å². The quantitative estimate of drug-likeness (QED) is 0.901. The molecule has 0 radical (unpaired) electrons. The number of sulfone groups is 1. The number of nitrogens with one attached hydrogen (secondary N) is 1. The molecule has 17 heavy (non-hydrogen) atoms. The van der Waals surface area contributed by atoms with Gasteiger partial charge in [-0.1, -0.05) is 25.4 Å². The van der Waals surface area contributed by atoms with Crippen molar-refractivity contribution >= 4 is 21.4 Å². The minimum atomic E-state index is -3.13. The molecular formula is C12H16ClNO2S. The van der Waals surface area contributed by atoms with E-state index in [9.17, 15) is 8.42 Å². The van der Waals surface area contributed by atoms with Crippen LogP contribution in [0.3, 0.4) is 0 Å². The summed E-state index contributed by atoms with van der Waals surface area (Å²) in [5.74, 6) is 0.200. The third-order valence-electron chi connectivity index (χ3n) is 2.89. The summed E-state index contributed by atoms with van der Waals surface area (Å²) < 4.78 is 23.9. The smallest absolute Gasteiger partial charge is 0.178 e. The lowest BCUT2D eigenvalue weighted by Crippen LogP contribution is -2.33. The molecule has 0 spiro atoms. The Labute approximate surface area is 107 Å². The van der Waals surface area contributed by atoms with Crippen LogP contribution in [0.25, 0.3) is 0 Å². The van der Waals surface area contributed by atoms with Gasteiger partial charge in [0, 0.05) is 17.1 Å². The van der Waals surface area contributed by atoms with Crippen LogP contribution in [0.4, 0.5) is 0 Å². The van der Waals surface area contributed by atoms with E-state index < -0.39 is 9.84 Å². The van der Waals surface area contributed by atoms with Gasteiger partial charge < -0.3 is 5.32 Å². The average molecular weight is 274 g/mol. The van der Waals surface area contributed by atoms with Crippen molar-refractivity contribution in [3.05, 3.63) is 28.8 Å². The molecule has 1 aromatic carbocycles. The Morgan fingerprint density at radius 2 is 2.12 bits per heavy atom. The second-order valence-corrected chi connectivity index (χ2v) is 7.18. The van der Waals surface area contributed by atoms with Crippen LogP contribution >= 0.6 is 11.6 Å². The van der Waals surface area contributed by atoms with Gasteiger partial charge in [-0.2, -0.15) is 0 Å². The van der Waals surface area contributed by atoms with Crippen molar-refractivity contribution in [3.8, 4) is 0 Å². The predicted octanol–water partition coefficient (Wildman–Crippen LogP) is 2.56. The van der Waals surface area contributed by atoms with E-state index in [1.54, 1.807) is 18.2 Å². The third kappa shape index (κ3) is 2.64. The molecule has 0 saturated heterocycles. The van der Waals surface area contributed by atoms with E-state index in [1.807, 2.05) is 13.8 Å². The van der Waals surface area contributed by atoms with E-state index in [-0.39, 0.29) is 11.8 Å². The van der Waals surface area contributed by atoms with E-state index in [0.717, 1.165) is 5.56 Å². The molecular weight excluding hydrogens is 258 g/mol. The van der Waals surface area contributed by atoms with Crippen LogP contribution in [0.15, 0.2) is 23.1 Å². The molecule has 1 N–H and O–H groups in total. The Morgan fingerprint density at radius 3 is 2.76 bits per heavy atom. The molecule has 0 saturated carbocycles. The topological polar surface area (TPSA) is 46.2 Å². The summed E-state index contributed by atoms with van der Waals surface area (Å²) in [5, 5.41) is 3.96. The van der Waals surface area contributed by atoms with Gasteiger partial charge in [0.15, 0.2) is 9.84 Å². The number of hydrogen-bond acceptors (Lipinski definition) is 3. The lowest BCUT2D eigenvalue weighted by molar-refractivity contribution is 0.450. The normalized spacial score (nSPS) is 22.5. The van der Waals surface area contributed by atoms with Gasteiger partial charge in [-0.15, -0.1) is 0 Å². The van der Waals surface area contributed by atoms with Crippen LogP contribution < -0.4 is 5.32 Å². The fraction of sp³-hybridized carbons (Fsp3) is 0.500. The fourth-order valence-corrected chi connectivity index (χ4v) is 3.97. The van der Waals surface area contributed by atoms with Crippen molar-refractivity contribution in [2.75, 3.05) is 5.75 Å². The monoisotopic (exact) mass is 273 g/mol. The van der Waals surface area contributed by atoms with E-state index >= 15 is 0 Å². The summed E-state index contributed by atoms with van der Waals surface area (Å²) in [5.41, 5.74) is 0.803. The summed E-state index contributed by atoms with van der Waals surface area (Å²) in [6, 6.07) is 5.39. The fourth-order valence-electron chi connectivity index (χ4n) is 2.19. The van der Waals surface area contributed by atoms with Crippen molar-refractivity contribution in [1.29, 1.82) is 0 Å². The molecule has 1 heterocycles. The van der Waals surface area contributed by atoms with Gasteiger partial charge in [0.1, 0.15) is 0 Å². The SMILES string of the molecule is CC(C)NC1CCS(=O)(=O)c2ccc(Cl)cc21. The Kier molecular flexibility index (Phi) is 3.48. The van der Waals surface area contributed by atoms with Crippen LogP contribution in [-0.4, -0.2) is 20.2 Å². The molecule has 0 fully saturated rings. The van der Waals surface area contributed by atoms with E-state index in [2.05, 4.69) is 5.32 Å². The first-order valence-corrected chi connectivity index (χ1v) is 7.71. The Balaban J connectivity index is 2.49. The minimum Gasteiger partial charge on any atom is -0.308 e. The third-order valence-corrected chi connectivity index (χ3v) is 4.94. The number of rotatable bonds is 2. The van der Waals surface area contributed by atoms with E-state index in [1.165, 1.54) is 0 Å². The van der Waals surface area contributed by atoms with E-state index in [0.29, 0.717) is 22.4 Å². The minimum absolute atomic E-state index is 0.0761. The van der Waals surface area contributed by atoms with Crippen LogP contribution in [0.2, 0.25) is 5.02 Å². The maximum absolute atomic E-state index is 11.9. The van der Waals surface area contributed by atoms with Crippen LogP contribution in [0, 0.1) is 0 Å². The van der Waals surface area contributed by atoms with Gasteiger partial charge in [-0.25, -0.2) is 8.42 Å². The van der Waals surface area contributed by atoms with Gasteiger partial charge in [0.25, 0.3) is 0 Å². The lowest BCUT2D eigenvalue weighted by atomic mass is 10.0. The first kappa shape index (κ1) is 12.9. The largest absolute Gasteiger partial charge is 0.308 e. The molecule has 1 unspecified atom stereocenters. The highest BCUT2D eigenvalue weighted by Crippen LogP contribution is 2.34. The van der Waals surface area contributed by atoms with Gasteiger partial charge >= 0.3 is 0 Å². The summed E-state index contributed by atoms with van der Waals surface area (Å²) in [6.45, 7) is 4.10. The van der Waals surface area contributed by atoms with Gasteiger partial charge in [-0.05, 0) is 30.2 Å². The van der Waals surface area contributed by atoms with Crippen LogP contribution in [0.1, 0.15) is 31.9 Å². The molecule has 1 aliphatic heterocycles. The van der Waals surface area contributed by atoms with Crippen molar-refractivity contribution in [1.82, 2.24) is 5.32 Å². The zero-order valence-corrected chi connectivity index (χ0v) is 11.5. The Bertz CT molecular complexity index is 525. The molecule has 3 nitrogen and oxygen atoms in total. The lowest BCUT2D eigenvalue weighted by Gasteiger charge is -2.28. The molecule has 1 atom stereocenters. The van der Waals surface area contributed by atoms with Crippen molar-refractivity contribution in [3.63, 3.8) is 0 Å². The molecule has 0 amide bonds. The highest BCUT2D eigenvalue weighted by Gasteiger charge is 2.30. The highest BCUT2D eigenvalue weighted by molar-refractivity contribution is 7.91. The molecule has 0 bridgehead atoms. The maximum Gasteiger partial charge on any atom is 0.178 e. The molecule has 1 aliphatic rings. The zero-order chi connectivity index (χ0) is 12.6. The highest BCUT2D eigenvalue weighted by atomic mass is 35.5. The molecule has 0 aliphatic carbocycles. The number of fused-ring (bicyclic) bond motifs is 1. The molecule has 0 aromatic heterocycles. The zero-order valence-electron chi connectivity index (χ0n) is 9.90. The van der Waals surface area contributed by atoms with Crippen LogP contribution in [-0.2, 0) is 9.84 Å². The summed E-state index contributed by atoms with van der Waals surface area (Å²) >= 11 is 5.95. The first-order chi connectivity index (χ1) is 7.90. The van der Waals surface area contributed by atoms with E-state index in [4.69, 9.17) is 11.6 Å². The van der Waals surface area contributed by atoms with Gasteiger partial charge in [0.05, 0.1) is 10.6 Å². The Hall–Kier alpha value is -0.580. The summed E-state index contributed by atoms with van der Waals surface area (Å²) in [6.07, 6.45) is 0.605. The van der Waals surface area contributed by atoms with Crippen molar-refractivity contribution in [2.24, 2.45) is 0 Å². The van der Waals surface area contributed by atoms with Gasteiger partial charge in [-0.3, -0.25) is 0 Å². The predicted molar refractivity (Wildman–Crippen MR) is 69.1 cm³/mol. The molecule has 2 rings (SSSR count). The number of hydrogen-bond donors (Lipinski definition) is 1. The van der Waals surface area contributed by atoms with Crippen LogP contribution in [0.5, 0.6) is 0 Å². The summed E-state index contributed by atoms with van der Waals surface area (Å²) in [4.78, 5) is 0.423. The van der Waals surface area contributed by atoms with Crippen molar-refractivity contribution < 1.29 is 8.42 Å². The standard InChI is InChI=1S/C12H16ClNO2S/c1-8(2)14-11-5-6-17(15,16)12-4-3-9(13)7-10(11)12/h3-4,7-8,11,14H,5-6H2,1-2H3. The van der Waals surface area contributed by atoms with Gasteiger partial charge in [0.2, 0.25) is 0 Å².